The van der Waals surface area contributed by atoms with Crippen molar-refractivity contribution in [3.63, 3.8) is 0 Å². The smallest absolute Gasteiger partial charge is 0.261 e. The molecule has 98 valence electrons. The van der Waals surface area contributed by atoms with Crippen LogP contribution in [0, 0.1) is 18.6 Å². The first-order chi connectivity index (χ1) is 8.97. The molecule has 0 aliphatic heterocycles. The third-order valence-electron chi connectivity index (χ3n) is 2.49. The third-order valence-corrected chi connectivity index (χ3v) is 2.95. The van der Waals surface area contributed by atoms with Crippen molar-refractivity contribution in [2.75, 3.05) is 5.32 Å². The van der Waals surface area contributed by atoms with Crippen LogP contribution in [0.5, 0.6) is 0 Å². The van der Waals surface area contributed by atoms with E-state index < -0.39 is 23.1 Å². The first kappa shape index (κ1) is 13.7. The zero-order valence-corrected chi connectivity index (χ0v) is 11.6. The topological polar surface area (TPSA) is 29.1 Å². The first-order valence-corrected chi connectivity index (χ1v) is 6.29. The number of anilines is 1. The summed E-state index contributed by atoms with van der Waals surface area (Å²) in [7, 11) is 0. The lowest BCUT2D eigenvalue weighted by Crippen LogP contribution is -2.15. The van der Waals surface area contributed by atoms with E-state index in [1.165, 1.54) is 6.07 Å². The molecule has 1 amide bonds. The van der Waals surface area contributed by atoms with Gasteiger partial charge in [-0.25, -0.2) is 8.78 Å². The van der Waals surface area contributed by atoms with Gasteiger partial charge in [0, 0.05) is 10.2 Å². The normalized spacial score (nSPS) is 10.3. The van der Waals surface area contributed by atoms with Crippen LogP contribution in [0.1, 0.15) is 15.9 Å². The zero-order chi connectivity index (χ0) is 14.0. The zero-order valence-electron chi connectivity index (χ0n) is 10.0. The molecule has 2 aromatic rings. The van der Waals surface area contributed by atoms with Gasteiger partial charge < -0.3 is 5.32 Å². The Labute approximate surface area is 117 Å². The minimum absolute atomic E-state index is 0.472. The SMILES string of the molecule is Cc1cc(Br)cc(NC(=O)c2c(F)cccc2F)c1. The van der Waals surface area contributed by atoms with Crippen LogP contribution >= 0.6 is 15.9 Å². The van der Waals surface area contributed by atoms with Crippen LogP contribution in [0.25, 0.3) is 0 Å². The van der Waals surface area contributed by atoms with E-state index in [-0.39, 0.29) is 0 Å². The molecule has 19 heavy (non-hydrogen) atoms. The molecule has 0 saturated carbocycles. The number of aryl methyl sites for hydroxylation is 1. The van der Waals surface area contributed by atoms with Crippen LogP contribution in [0.3, 0.4) is 0 Å². The highest BCUT2D eigenvalue weighted by molar-refractivity contribution is 9.10. The molecule has 0 aromatic heterocycles. The van der Waals surface area contributed by atoms with Gasteiger partial charge in [-0.1, -0.05) is 22.0 Å². The van der Waals surface area contributed by atoms with E-state index >= 15 is 0 Å². The standard InChI is InChI=1S/C14H10BrF2NO/c1-8-5-9(15)7-10(6-8)18-14(19)13-11(16)3-2-4-12(13)17/h2-7H,1H3,(H,18,19). The maximum atomic E-state index is 13.5. The number of amides is 1. The number of rotatable bonds is 2. The minimum atomic E-state index is -0.885. The highest BCUT2D eigenvalue weighted by Gasteiger charge is 2.17. The van der Waals surface area contributed by atoms with E-state index in [9.17, 15) is 13.6 Å². The molecule has 0 bridgehead atoms. The van der Waals surface area contributed by atoms with Gasteiger partial charge in [0.2, 0.25) is 0 Å². The molecule has 2 nitrogen and oxygen atoms in total. The summed E-state index contributed by atoms with van der Waals surface area (Å²) >= 11 is 3.29. The van der Waals surface area contributed by atoms with Gasteiger partial charge in [0.1, 0.15) is 17.2 Å². The number of benzene rings is 2. The highest BCUT2D eigenvalue weighted by atomic mass is 79.9. The lowest BCUT2D eigenvalue weighted by Gasteiger charge is -2.08. The Kier molecular flexibility index (Phi) is 3.95. The van der Waals surface area contributed by atoms with Crippen molar-refractivity contribution in [2.24, 2.45) is 0 Å². The van der Waals surface area contributed by atoms with Gasteiger partial charge in [0.05, 0.1) is 0 Å². The van der Waals surface area contributed by atoms with Crippen molar-refractivity contribution < 1.29 is 13.6 Å². The van der Waals surface area contributed by atoms with Gasteiger partial charge in [0.15, 0.2) is 0 Å². The number of carbonyl (C=O) groups is 1. The second-order valence-electron chi connectivity index (χ2n) is 4.07. The predicted molar refractivity (Wildman–Crippen MR) is 73.2 cm³/mol. The average Bonchev–Trinajstić information content (AvgIpc) is 2.26. The van der Waals surface area contributed by atoms with Gasteiger partial charge in [-0.3, -0.25) is 4.79 Å². The predicted octanol–water partition coefficient (Wildman–Crippen LogP) is 4.29. The molecule has 0 heterocycles. The highest BCUT2D eigenvalue weighted by Crippen LogP contribution is 2.21. The Bertz CT molecular complexity index is 603. The van der Waals surface area contributed by atoms with Crippen LogP contribution in [-0.4, -0.2) is 5.91 Å². The van der Waals surface area contributed by atoms with Crippen molar-refractivity contribution in [3.8, 4) is 0 Å². The summed E-state index contributed by atoms with van der Waals surface area (Å²) in [6.45, 7) is 1.85. The molecule has 0 radical (unpaired) electrons. The fraction of sp³-hybridized carbons (Fsp3) is 0.0714. The summed E-state index contributed by atoms with van der Waals surface area (Å²) in [6, 6.07) is 8.53. The molecule has 5 heteroatoms. The van der Waals surface area contributed by atoms with Crippen LogP contribution in [0.15, 0.2) is 40.9 Å². The van der Waals surface area contributed by atoms with E-state index in [0.29, 0.717) is 5.69 Å². The Morgan fingerprint density at radius 1 is 1.16 bits per heavy atom. The van der Waals surface area contributed by atoms with Crippen LogP contribution in [0.4, 0.5) is 14.5 Å². The number of carbonyl (C=O) groups excluding carboxylic acids is 1. The van der Waals surface area contributed by atoms with Crippen LogP contribution in [0.2, 0.25) is 0 Å². The first-order valence-electron chi connectivity index (χ1n) is 5.50. The lowest BCUT2D eigenvalue weighted by molar-refractivity contribution is 0.101. The largest absolute Gasteiger partial charge is 0.322 e. The van der Waals surface area contributed by atoms with Crippen LogP contribution in [-0.2, 0) is 0 Å². The molecule has 0 aliphatic rings. The number of halogens is 3. The average molecular weight is 326 g/mol. The van der Waals surface area contributed by atoms with Crippen molar-refractivity contribution in [1.82, 2.24) is 0 Å². The molecule has 0 spiro atoms. The molecule has 0 aliphatic carbocycles. The number of hydrogen-bond acceptors (Lipinski definition) is 1. The van der Waals surface area contributed by atoms with E-state index in [1.54, 1.807) is 12.1 Å². The number of nitrogens with one attached hydrogen (secondary N) is 1. The molecular formula is C14H10BrF2NO. The van der Waals surface area contributed by atoms with Gasteiger partial charge in [-0.05, 0) is 42.8 Å². The molecule has 0 atom stereocenters. The van der Waals surface area contributed by atoms with E-state index in [1.807, 2.05) is 13.0 Å². The Hall–Kier alpha value is -1.75. The van der Waals surface area contributed by atoms with Crippen molar-refractivity contribution >= 4 is 27.5 Å². The van der Waals surface area contributed by atoms with Gasteiger partial charge in [-0.15, -0.1) is 0 Å². The van der Waals surface area contributed by atoms with Gasteiger partial charge in [0.25, 0.3) is 5.91 Å². The summed E-state index contributed by atoms with van der Waals surface area (Å²) in [5.41, 5.74) is 0.804. The molecule has 2 rings (SSSR count). The lowest BCUT2D eigenvalue weighted by atomic mass is 10.1. The van der Waals surface area contributed by atoms with Crippen LogP contribution < -0.4 is 5.32 Å². The monoisotopic (exact) mass is 325 g/mol. The second kappa shape index (κ2) is 5.48. The Balaban J connectivity index is 2.31. The summed E-state index contributed by atoms with van der Waals surface area (Å²) in [5, 5.41) is 2.47. The summed E-state index contributed by atoms with van der Waals surface area (Å²) < 4.78 is 27.7. The van der Waals surface area contributed by atoms with E-state index in [4.69, 9.17) is 0 Å². The van der Waals surface area contributed by atoms with Crippen molar-refractivity contribution in [1.29, 1.82) is 0 Å². The summed E-state index contributed by atoms with van der Waals surface area (Å²) in [5.74, 6) is -2.58. The maximum Gasteiger partial charge on any atom is 0.261 e. The third kappa shape index (κ3) is 3.17. The molecule has 2 aromatic carbocycles. The summed E-state index contributed by atoms with van der Waals surface area (Å²) in [6.07, 6.45) is 0. The Morgan fingerprint density at radius 2 is 1.79 bits per heavy atom. The molecular weight excluding hydrogens is 316 g/mol. The fourth-order valence-electron chi connectivity index (χ4n) is 1.72. The van der Waals surface area contributed by atoms with Gasteiger partial charge in [-0.2, -0.15) is 0 Å². The molecule has 0 saturated heterocycles. The second-order valence-corrected chi connectivity index (χ2v) is 4.98. The molecule has 0 unspecified atom stereocenters. The molecule has 1 N–H and O–H groups in total. The Morgan fingerprint density at radius 3 is 2.37 bits per heavy atom. The number of hydrogen-bond donors (Lipinski definition) is 1. The minimum Gasteiger partial charge on any atom is -0.322 e. The van der Waals surface area contributed by atoms with E-state index in [2.05, 4.69) is 21.2 Å². The summed E-state index contributed by atoms with van der Waals surface area (Å²) in [4.78, 5) is 11.9. The fourth-order valence-corrected chi connectivity index (χ4v) is 2.32. The quantitative estimate of drug-likeness (QED) is 0.876. The maximum absolute atomic E-state index is 13.5. The van der Waals surface area contributed by atoms with Crippen molar-refractivity contribution in [2.45, 2.75) is 6.92 Å². The van der Waals surface area contributed by atoms with Crippen molar-refractivity contribution in [3.05, 3.63) is 63.6 Å². The molecule has 0 fully saturated rings. The van der Waals surface area contributed by atoms with E-state index in [0.717, 1.165) is 22.2 Å². The van der Waals surface area contributed by atoms with Gasteiger partial charge >= 0.3 is 0 Å².